The summed E-state index contributed by atoms with van der Waals surface area (Å²) in [5, 5.41) is 19.1. The number of hydrogen-bond donors (Lipinski definition) is 2. The minimum atomic E-state index is -0.990. The molecule has 0 spiro atoms. The molecule has 12 heteroatoms. The molecule has 11 nitrogen and oxygen atoms in total. The van der Waals surface area contributed by atoms with Crippen LogP contribution in [0.3, 0.4) is 0 Å². The predicted molar refractivity (Wildman–Crippen MR) is 141 cm³/mol. The maximum atomic E-state index is 14.7. The van der Waals surface area contributed by atoms with Gasteiger partial charge in [0, 0.05) is 24.8 Å². The number of carbonyl (C=O) groups is 1. The topological polar surface area (TPSA) is 118 Å². The fourth-order valence-corrected chi connectivity index (χ4v) is 4.46. The number of piperidine rings is 1. The van der Waals surface area contributed by atoms with Gasteiger partial charge in [0.1, 0.15) is 17.7 Å². The summed E-state index contributed by atoms with van der Waals surface area (Å²) < 4.78 is 23.5. The normalized spacial score (nSPS) is 18.6. The lowest BCUT2D eigenvalue weighted by atomic mass is 10.0. The first-order valence-electron chi connectivity index (χ1n) is 12.5. The number of fused-ring (bicyclic) bond motifs is 1. The van der Waals surface area contributed by atoms with Crippen molar-refractivity contribution in [1.29, 1.82) is 0 Å². The molecule has 1 fully saturated rings. The van der Waals surface area contributed by atoms with E-state index in [1.54, 1.807) is 21.5 Å². The van der Waals surface area contributed by atoms with Crippen LogP contribution in [-0.2, 0) is 12.1 Å². The molecule has 1 aliphatic rings. The monoisotopic (exact) mass is 521 g/mol. The highest BCUT2D eigenvalue weighted by molar-refractivity contribution is 5.93. The number of pyridine rings is 1. The van der Waals surface area contributed by atoms with Crippen molar-refractivity contribution < 1.29 is 13.7 Å². The number of halogens is 1. The second kappa shape index (κ2) is 10.0. The van der Waals surface area contributed by atoms with Crippen LogP contribution < -0.4 is 10.6 Å². The van der Waals surface area contributed by atoms with Crippen molar-refractivity contribution in [2.24, 2.45) is 0 Å². The third kappa shape index (κ3) is 5.03. The Morgan fingerprint density at radius 1 is 1.34 bits per heavy atom. The molecule has 200 valence electrons. The highest BCUT2D eigenvalue weighted by Crippen LogP contribution is 2.28. The fourth-order valence-electron chi connectivity index (χ4n) is 4.46. The molecule has 1 saturated heterocycles. The minimum Gasteiger partial charge on any atom is -0.364 e. The van der Waals surface area contributed by atoms with Gasteiger partial charge in [-0.05, 0) is 46.4 Å². The average Bonchev–Trinajstić information content (AvgIpc) is 3.62. The van der Waals surface area contributed by atoms with Crippen molar-refractivity contribution in [3.05, 3.63) is 54.2 Å². The number of carbonyl (C=O) groups excluding carboxylic acids is 1. The molecule has 38 heavy (non-hydrogen) atoms. The van der Waals surface area contributed by atoms with Gasteiger partial charge in [-0.15, -0.1) is 0 Å². The first-order valence-corrected chi connectivity index (χ1v) is 12.5. The highest BCUT2D eigenvalue weighted by atomic mass is 19.1. The van der Waals surface area contributed by atoms with Crippen LogP contribution in [0.1, 0.15) is 49.0 Å². The molecule has 0 aromatic carbocycles. The maximum absolute atomic E-state index is 14.7. The van der Waals surface area contributed by atoms with Crippen LogP contribution in [0.25, 0.3) is 23.1 Å². The van der Waals surface area contributed by atoms with Crippen LogP contribution >= 0.6 is 0 Å². The van der Waals surface area contributed by atoms with Gasteiger partial charge in [0.25, 0.3) is 5.91 Å². The van der Waals surface area contributed by atoms with Gasteiger partial charge in [-0.25, -0.2) is 8.91 Å². The second-order valence-electron chi connectivity index (χ2n) is 10.5. The van der Waals surface area contributed by atoms with Gasteiger partial charge < -0.3 is 20.1 Å². The smallest absolute Gasteiger partial charge is 0.254 e. The first kappa shape index (κ1) is 25.6. The Bertz CT molecular complexity index is 1460. The lowest BCUT2D eigenvalue weighted by Gasteiger charge is -2.33. The minimum absolute atomic E-state index is 0.0458. The van der Waals surface area contributed by atoms with E-state index in [2.05, 4.69) is 32.5 Å². The molecule has 1 amide bonds. The Labute approximate surface area is 219 Å². The Morgan fingerprint density at radius 2 is 2.16 bits per heavy atom. The number of alkyl halides is 1. The lowest BCUT2D eigenvalue weighted by molar-refractivity contribution is 0.0946. The van der Waals surface area contributed by atoms with Crippen molar-refractivity contribution in [2.45, 2.75) is 51.5 Å². The Morgan fingerprint density at radius 3 is 2.87 bits per heavy atom. The van der Waals surface area contributed by atoms with E-state index < -0.39 is 6.17 Å². The van der Waals surface area contributed by atoms with Gasteiger partial charge in [-0.2, -0.15) is 15.2 Å². The Kier molecular flexibility index (Phi) is 6.74. The van der Waals surface area contributed by atoms with E-state index in [-0.39, 0.29) is 35.7 Å². The van der Waals surface area contributed by atoms with Crippen molar-refractivity contribution in [3.63, 3.8) is 0 Å². The van der Waals surface area contributed by atoms with Crippen LogP contribution in [0.5, 0.6) is 0 Å². The summed E-state index contributed by atoms with van der Waals surface area (Å²) in [7, 11) is 1.92. The molecule has 2 atom stereocenters. The van der Waals surface area contributed by atoms with Gasteiger partial charge in [-0.1, -0.05) is 23.9 Å². The molecular weight excluding hydrogens is 489 g/mol. The van der Waals surface area contributed by atoms with Crippen LogP contribution in [0.2, 0.25) is 0 Å². The van der Waals surface area contributed by atoms with Crippen LogP contribution in [0.15, 0.2) is 41.7 Å². The molecule has 0 aliphatic carbocycles. The van der Waals surface area contributed by atoms with Crippen LogP contribution in [0.4, 0.5) is 10.2 Å². The van der Waals surface area contributed by atoms with E-state index in [1.165, 1.54) is 6.20 Å². The summed E-state index contributed by atoms with van der Waals surface area (Å²) in [6.07, 6.45) is 4.60. The highest BCUT2D eigenvalue weighted by Gasteiger charge is 2.28. The van der Waals surface area contributed by atoms with E-state index in [4.69, 9.17) is 9.62 Å². The summed E-state index contributed by atoms with van der Waals surface area (Å²) in [5.74, 6) is 0.868. The standard InChI is InChI=1S/C26H32FN9O2/c1-6-17-20-8-7-9-21(30-19-10-11-34(5)15-18(19)27)36(20)32-23(17)24-31-22(38-33-24)13-28-25(37)16-12-29-35(14-16)26(2,3)4/h6-9,12,14,18-19,30H,1,10-11,13,15H2,2-5H3,(H,28,37)/t18-,19+/m0/s1. The van der Waals surface area contributed by atoms with Crippen molar-refractivity contribution in [3.8, 4) is 11.5 Å². The van der Waals surface area contributed by atoms with Gasteiger partial charge in [-0.3, -0.25) is 9.48 Å². The number of likely N-dealkylation sites (tertiary alicyclic amines) is 1. The average molecular weight is 522 g/mol. The number of amides is 1. The lowest BCUT2D eigenvalue weighted by Crippen LogP contribution is -2.46. The molecule has 0 unspecified atom stereocenters. The molecule has 1 aliphatic heterocycles. The summed E-state index contributed by atoms with van der Waals surface area (Å²) in [4.78, 5) is 19.0. The van der Waals surface area contributed by atoms with Crippen LogP contribution in [0, 0.1) is 0 Å². The van der Waals surface area contributed by atoms with Gasteiger partial charge in [0.05, 0.1) is 35.4 Å². The quantitative estimate of drug-likeness (QED) is 0.380. The van der Waals surface area contributed by atoms with Gasteiger partial charge in [0.15, 0.2) is 0 Å². The van der Waals surface area contributed by atoms with E-state index in [0.29, 0.717) is 30.0 Å². The third-order valence-electron chi connectivity index (χ3n) is 6.59. The van der Waals surface area contributed by atoms with E-state index in [0.717, 1.165) is 17.6 Å². The Hall–Kier alpha value is -4.06. The number of anilines is 1. The van der Waals surface area contributed by atoms with Gasteiger partial charge in [0.2, 0.25) is 11.7 Å². The number of rotatable bonds is 7. The number of nitrogens with zero attached hydrogens (tertiary/aromatic N) is 7. The van der Waals surface area contributed by atoms with Crippen molar-refractivity contribution >= 4 is 23.3 Å². The fraction of sp³-hybridized carbons (Fsp3) is 0.423. The molecule has 4 aromatic heterocycles. The van der Waals surface area contributed by atoms with Crippen molar-refractivity contribution in [2.75, 3.05) is 25.5 Å². The summed E-state index contributed by atoms with van der Waals surface area (Å²) >= 11 is 0. The molecule has 0 radical (unpaired) electrons. The van der Waals surface area contributed by atoms with Crippen LogP contribution in [-0.4, -0.2) is 72.7 Å². The number of hydrogen-bond acceptors (Lipinski definition) is 8. The Balaban J connectivity index is 1.34. The maximum Gasteiger partial charge on any atom is 0.254 e. The zero-order valence-electron chi connectivity index (χ0n) is 22.0. The van der Waals surface area contributed by atoms with E-state index in [9.17, 15) is 9.18 Å². The molecule has 5 heterocycles. The second-order valence-corrected chi connectivity index (χ2v) is 10.5. The summed E-state index contributed by atoms with van der Waals surface area (Å²) in [6, 6.07) is 5.34. The largest absolute Gasteiger partial charge is 0.364 e. The summed E-state index contributed by atoms with van der Waals surface area (Å²) in [5.41, 5.74) is 2.18. The van der Waals surface area contributed by atoms with E-state index in [1.807, 2.05) is 50.9 Å². The number of aromatic nitrogens is 6. The SMILES string of the molecule is C=Cc1c(-c2noc(CNC(=O)c3cnn(C(C)(C)C)c3)n2)nn2c(N[C@@H]3CCN(C)C[C@@H]3F)cccc12. The summed E-state index contributed by atoms with van der Waals surface area (Å²) in [6.45, 7) is 11.2. The molecule has 5 rings (SSSR count). The zero-order valence-corrected chi connectivity index (χ0v) is 22.0. The number of nitrogens with one attached hydrogen (secondary N) is 2. The molecular formula is C26H32FN9O2. The molecule has 0 saturated carbocycles. The zero-order chi connectivity index (χ0) is 27.0. The van der Waals surface area contributed by atoms with Gasteiger partial charge >= 0.3 is 0 Å². The molecule has 2 N–H and O–H groups in total. The van der Waals surface area contributed by atoms with E-state index >= 15 is 0 Å². The third-order valence-corrected chi connectivity index (χ3v) is 6.59. The predicted octanol–water partition coefficient (Wildman–Crippen LogP) is 3.36. The first-order chi connectivity index (χ1) is 18.1. The van der Waals surface area contributed by atoms with Crippen molar-refractivity contribution in [1.82, 2.24) is 39.8 Å². The molecule has 4 aromatic rings. The molecule has 0 bridgehead atoms.